The van der Waals surface area contributed by atoms with Crippen molar-refractivity contribution in [3.63, 3.8) is 0 Å². The number of carbonyl (C=O) groups is 2. The monoisotopic (exact) mass is 444 g/mol. The molecule has 0 fully saturated rings. The molecule has 160 valence electrons. The van der Waals surface area contributed by atoms with Crippen LogP contribution in [0.15, 0.2) is 90.3 Å². The summed E-state index contributed by atoms with van der Waals surface area (Å²) in [4.78, 5) is 28.7. The maximum atomic E-state index is 12.5. The van der Waals surface area contributed by atoms with Crippen LogP contribution in [0.2, 0.25) is 0 Å². The summed E-state index contributed by atoms with van der Waals surface area (Å²) in [5.41, 5.74) is 3.59. The van der Waals surface area contributed by atoms with Gasteiger partial charge in [-0.25, -0.2) is 9.78 Å². The number of H-pyrrole nitrogens is 1. The average Bonchev–Trinajstić information content (AvgIpc) is 3.34. The number of nitrogens with one attached hydrogen (secondary N) is 4. The highest BCUT2D eigenvalue weighted by molar-refractivity contribution is 7.98. The number of nitrogens with zero attached hydrogens (tertiary/aromatic N) is 2. The van der Waals surface area contributed by atoms with Crippen LogP contribution in [0.5, 0.6) is 0 Å². The molecule has 8 nitrogen and oxygen atoms in total. The summed E-state index contributed by atoms with van der Waals surface area (Å²) in [7, 11) is 0. The lowest BCUT2D eigenvalue weighted by atomic mass is 10.1. The molecule has 3 aromatic carbocycles. The van der Waals surface area contributed by atoms with Crippen molar-refractivity contribution >= 4 is 40.8 Å². The molecule has 0 unspecified atom stereocenters. The highest BCUT2D eigenvalue weighted by Gasteiger charge is 2.08. The summed E-state index contributed by atoms with van der Waals surface area (Å²) in [5, 5.41) is 15.7. The third-order valence-corrected chi connectivity index (χ3v) is 5.36. The van der Waals surface area contributed by atoms with Gasteiger partial charge in [-0.3, -0.25) is 9.89 Å². The van der Waals surface area contributed by atoms with Gasteiger partial charge in [0.2, 0.25) is 0 Å². The predicted molar refractivity (Wildman–Crippen MR) is 126 cm³/mol. The van der Waals surface area contributed by atoms with E-state index in [-0.39, 0.29) is 11.9 Å². The van der Waals surface area contributed by atoms with Crippen molar-refractivity contribution in [2.45, 2.75) is 10.9 Å². The molecule has 0 spiro atoms. The molecule has 0 aliphatic heterocycles. The lowest BCUT2D eigenvalue weighted by molar-refractivity contribution is 0.102. The molecule has 4 N–H and O–H groups in total. The first-order chi connectivity index (χ1) is 15.7. The molecule has 3 amide bonds. The van der Waals surface area contributed by atoms with Gasteiger partial charge in [-0.15, -0.1) is 0 Å². The number of benzene rings is 3. The number of thioether (sulfide) groups is 1. The van der Waals surface area contributed by atoms with Crippen molar-refractivity contribution < 1.29 is 9.59 Å². The largest absolute Gasteiger partial charge is 0.323 e. The number of para-hydroxylation sites is 1. The fraction of sp³-hybridized carbons (Fsp3) is 0.0435. The van der Waals surface area contributed by atoms with E-state index in [9.17, 15) is 9.59 Å². The third kappa shape index (κ3) is 5.96. The van der Waals surface area contributed by atoms with Crippen LogP contribution in [0.1, 0.15) is 15.9 Å². The molecule has 1 aromatic heterocycles. The van der Waals surface area contributed by atoms with Gasteiger partial charge in [-0.05, 0) is 54.1 Å². The first-order valence-electron chi connectivity index (χ1n) is 9.77. The Labute approximate surface area is 188 Å². The van der Waals surface area contributed by atoms with Crippen LogP contribution in [-0.4, -0.2) is 27.1 Å². The molecule has 0 atom stereocenters. The highest BCUT2D eigenvalue weighted by Crippen LogP contribution is 2.19. The molecule has 4 rings (SSSR count). The molecule has 9 heteroatoms. The zero-order valence-electron chi connectivity index (χ0n) is 16.9. The summed E-state index contributed by atoms with van der Waals surface area (Å²) in [6.45, 7) is 0. The zero-order chi connectivity index (χ0) is 22.2. The minimum atomic E-state index is -0.338. The highest BCUT2D eigenvalue weighted by atomic mass is 32.2. The van der Waals surface area contributed by atoms with E-state index in [0.29, 0.717) is 22.6 Å². The Morgan fingerprint density at radius 3 is 2.03 bits per heavy atom. The van der Waals surface area contributed by atoms with Crippen LogP contribution < -0.4 is 16.0 Å². The first kappa shape index (κ1) is 21.1. The molecule has 0 radical (unpaired) electrons. The van der Waals surface area contributed by atoms with Crippen LogP contribution in [0.3, 0.4) is 0 Å². The smallest absolute Gasteiger partial charge is 0.322 e. The Kier molecular flexibility index (Phi) is 6.78. The maximum Gasteiger partial charge on any atom is 0.323 e. The fourth-order valence-electron chi connectivity index (χ4n) is 2.82. The van der Waals surface area contributed by atoms with Crippen molar-refractivity contribution in [3.05, 3.63) is 96.3 Å². The van der Waals surface area contributed by atoms with Gasteiger partial charge in [0.1, 0.15) is 6.33 Å². The van der Waals surface area contributed by atoms with E-state index >= 15 is 0 Å². The maximum absolute atomic E-state index is 12.5. The normalized spacial score (nSPS) is 10.4. The minimum absolute atomic E-state index is 0.207. The van der Waals surface area contributed by atoms with E-state index in [0.717, 1.165) is 16.5 Å². The predicted octanol–water partition coefficient (Wildman–Crippen LogP) is 4.99. The second kappa shape index (κ2) is 10.3. The standard InChI is InChI=1S/C23H20N6O2S/c30-21(17-8-6-16(7-9-17)14-32-23-24-15-25-29-23)26-19-10-12-20(13-11-19)28-22(31)27-18-4-2-1-3-5-18/h1-13,15H,14H2,(H,26,30)(H,24,25,29)(H2,27,28,31). The molecule has 0 aliphatic rings. The molecule has 4 aromatic rings. The summed E-state index contributed by atoms with van der Waals surface area (Å²) in [5.74, 6) is 0.519. The van der Waals surface area contributed by atoms with E-state index in [2.05, 4.69) is 31.1 Å². The van der Waals surface area contributed by atoms with E-state index in [1.807, 2.05) is 30.3 Å². The van der Waals surface area contributed by atoms with Gasteiger partial charge in [0.25, 0.3) is 5.91 Å². The Hall–Kier alpha value is -4.11. The number of carbonyl (C=O) groups excluding carboxylic acids is 2. The van der Waals surface area contributed by atoms with Gasteiger partial charge in [-0.2, -0.15) is 5.10 Å². The minimum Gasteiger partial charge on any atom is -0.322 e. The molecule has 0 bridgehead atoms. The number of urea groups is 1. The van der Waals surface area contributed by atoms with Gasteiger partial charge in [0.15, 0.2) is 5.16 Å². The quantitative estimate of drug-likeness (QED) is 0.300. The molecule has 0 saturated carbocycles. The summed E-state index contributed by atoms with van der Waals surface area (Å²) >= 11 is 1.54. The van der Waals surface area contributed by atoms with Gasteiger partial charge in [-0.1, -0.05) is 42.1 Å². The first-order valence-corrected chi connectivity index (χ1v) is 10.8. The number of hydrogen-bond acceptors (Lipinski definition) is 5. The number of anilines is 3. The Morgan fingerprint density at radius 1 is 0.781 bits per heavy atom. The Balaban J connectivity index is 1.28. The van der Waals surface area contributed by atoms with E-state index < -0.39 is 0 Å². The molecular formula is C23H20N6O2S. The van der Waals surface area contributed by atoms with Crippen molar-refractivity contribution in [1.82, 2.24) is 15.2 Å². The molecule has 0 saturated heterocycles. The summed E-state index contributed by atoms with van der Waals surface area (Å²) < 4.78 is 0. The van der Waals surface area contributed by atoms with E-state index in [1.54, 1.807) is 48.5 Å². The lowest BCUT2D eigenvalue weighted by Gasteiger charge is -2.09. The fourth-order valence-corrected chi connectivity index (χ4v) is 3.56. The van der Waals surface area contributed by atoms with Gasteiger partial charge in [0, 0.05) is 28.4 Å². The average molecular weight is 445 g/mol. The number of amides is 3. The SMILES string of the molecule is O=C(Nc1ccccc1)Nc1ccc(NC(=O)c2ccc(CSc3ncn[nH]3)cc2)cc1. The second-order valence-corrected chi connectivity index (χ2v) is 7.72. The number of rotatable bonds is 7. The number of aromatic nitrogens is 3. The van der Waals surface area contributed by atoms with Crippen molar-refractivity contribution in [2.24, 2.45) is 0 Å². The van der Waals surface area contributed by atoms with Crippen molar-refractivity contribution in [1.29, 1.82) is 0 Å². The molecular weight excluding hydrogens is 424 g/mol. The van der Waals surface area contributed by atoms with Crippen LogP contribution in [0.4, 0.5) is 21.9 Å². The Morgan fingerprint density at radius 2 is 1.41 bits per heavy atom. The molecule has 1 heterocycles. The Bertz CT molecular complexity index is 1160. The van der Waals surface area contributed by atoms with Crippen molar-refractivity contribution in [2.75, 3.05) is 16.0 Å². The van der Waals surface area contributed by atoms with E-state index in [1.165, 1.54) is 18.1 Å². The lowest BCUT2D eigenvalue weighted by Crippen LogP contribution is -2.19. The van der Waals surface area contributed by atoms with Crippen LogP contribution in [0, 0.1) is 0 Å². The summed E-state index contributed by atoms with van der Waals surface area (Å²) in [6, 6.07) is 23.2. The summed E-state index contributed by atoms with van der Waals surface area (Å²) in [6.07, 6.45) is 1.47. The van der Waals surface area contributed by atoms with Crippen molar-refractivity contribution in [3.8, 4) is 0 Å². The number of hydrogen-bond donors (Lipinski definition) is 4. The topological polar surface area (TPSA) is 112 Å². The zero-order valence-corrected chi connectivity index (χ0v) is 17.7. The van der Waals surface area contributed by atoms with Crippen LogP contribution in [0.25, 0.3) is 0 Å². The van der Waals surface area contributed by atoms with Gasteiger partial charge in [0.05, 0.1) is 0 Å². The van der Waals surface area contributed by atoms with Gasteiger partial charge >= 0.3 is 6.03 Å². The van der Waals surface area contributed by atoms with Crippen LogP contribution >= 0.6 is 11.8 Å². The third-order valence-electron chi connectivity index (χ3n) is 4.42. The molecule has 0 aliphatic carbocycles. The van der Waals surface area contributed by atoms with Crippen LogP contribution in [-0.2, 0) is 5.75 Å². The number of aromatic amines is 1. The van der Waals surface area contributed by atoms with Gasteiger partial charge < -0.3 is 16.0 Å². The molecule has 32 heavy (non-hydrogen) atoms. The van der Waals surface area contributed by atoms with E-state index in [4.69, 9.17) is 0 Å². The second-order valence-electron chi connectivity index (χ2n) is 6.75.